The molecule has 0 saturated heterocycles. The third kappa shape index (κ3) is 8.16. The summed E-state index contributed by atoms with van der Waals surface area (Å²) in [6, 6.07) is 7.05. The maximum atomic E-state index is 12.6. The van der Waals surface area contributed by atoms with E-state index in [1.807, 2.05) is 36.4 Å². The van der Waals surface area contributed by atoms with Gasteiger partial charge in [0.05, 0.1) is 0 Å². The standard InChI is InChI=1S/C21H28BrNO4/c1-21(2,3)27-20(25)23-18(19(24)26-17-11-4-5-12-17)13-7-9-15-8-6-10-16(22)14-15/h6-10,14,17-18H,4-5,11-13H2,1-3H3,(H,23,25)/t18-/m0/s1. The zero-order valence-electron chi connectivity index (χ0n) is 16.2. The number of rotatable bonds is 6. The molecule has 1 atom stereocenters. The van der Waals surface area contributed by atoms with Crippen molar-refractivity contribution in [1.29, 1.82) is 0 Å². The molecule has 1 fully saturated rings. The molecule has 1 N–H and O–H groups in total. The van der Waals surface area contributed by atoms with Gasteiger partial charge >= 0.3 is 12.1 Å². The molecule has 1 aromatic carbocycles. The number of ether oxygens (including phenoxy) is 2. The minimum absolute atomic E-state index is 0.0468. The highest BCUT2D eigenvalue weighted by molar-refractivity contribution is 9.10. The van der Waals surface area contributed by atoms with E-state index in [0.717, 1.165) is 35.7 Å². The van der Waals surface area contributed by atoms with Crippen LogP contribution < -0.4 is 5.32 Å². The summed E-state index contributed by atoms with van der Waals surface area (Å²) in [5.74, 6) is -0.411. The molecule has 0 spiro atoms. The molecule has 1 aliphatic rings. The molecule has 5 nitrogen and oxygen atoms in total. The summed E-state index contributed by atoms with van der Waals surface area (Å²) in [7, 11) is 0. The van der Waals surface area contributed by atoms with Crippen LogP contribution in [0.3, 0.4) is 0 Å². The Morgan fingerprint density at radius 1 is 1.30 bits per heavy atom. The van der Waals surface area contributed by atoms with E-state index in [0.29, 0.717) is 6.42 Å². The quantitative estimate of drug-likeness (QED) is 0.618. The van der Waals surface area contributed by atoms with Gasteiger partial charge in [-0.1, -0.05) is 40.2 Å². The zero-order chi connectivity index (χ0) is 19.9. The lowest BCUT2D eigenvalue weighted by atomic mass is 10.1. The van der Waals surface area contributed by atoms with Gasteiger partial charge in [0.1, 0.15) is 17.7 Å². The highest BCUT2D eigenvalue weighted by Crippen LogP contribution is 2.22. The van der Waals surface area contributed by atoms with Crippen molar-refractivity contribution in [2.75, 3.05) is 0 Å². The van der Waals surface area contributed by atoms with Crippen LogP contribution >= 0.6 is 15.9 Å². The fraction of sp³-hybridized carbons (Fsp3) is 0.524. The molecular formula is C21H28BrNO4. The number of hydrogen-bond acceptors (Lipinski definition) is 4. The third-order valence-corrected chi connectivity index (χ3v) is 4.58. The Morgan fingerprint density at radius 2 is 2.00 bits per heavy atom. The lowest BCUT2D eigenvalue weighted by molar-refractivity contribution is -0.151. The van der Waals surface area contributed by atoms with Gasteiger partial charge in [0, 0.05) is 4.47 Å². The number of benzene rings is 1. The molecule has 0 aromatic heterocycles. The van der Waals surface area contributed by atoms with Gasteiger partial charge in [0.15, 0.2) is 0 Å². The maximum absolute atomic E-state index is 12.6. The van der Waals surface area contributed by atoms with Gasteiger partial charge in [-0.05, 0) is 70.6 Å². The van der Waals surface area contributed by atoms with Crippen molar-refractivity contribution in [3.8, 4) is 0 Å². The van der Waals surface area contributed by atoms with Crippen LogP contribution in [0.25, 0.3) is 6.08 Å². The molecule has 0 heterocycles. The average Bonchev–Trinajstić information content (AvgIpc) is 3.05. The summed E-state index contributed by atoms with van der Waals surface area (Å²) in [5.41, 5.74) is 0.375. The zero-order valence-corrected chi connectivity index (χ0v) is 17.8. The number of amides is 1. The van der Waals surface area contributed by atoms with Crippen molar-refractivity contribution in [3.05, 3.63) is 40.4 Å². The largest absolute Gasteiger partial charge is 0.461 e. The Morgan fingerprint density at radius 3 is 2.63 bits per heavy atom. The van der Waals surface area contributed by atoms with Crippen molar-refractivity contribution in [3.63, 3.8) is 0 Å². The second-order valence-corrected chi connectivity index (χ2v) is 8.65. The van der Waals surface area contributed by atoms with Gasteiger partial charge in [-0.2, -0.15) is 0 Å². The highest BCUT2D eigenvalue weighted by Gasteiger charge is 2.28. The normalized spacial score (nSPS) is 16.3. The van der Waals surface area contributed by atoms with E-state index in [4.69, 9.17) is 9.47 Å². The molecule has 0 unspecified atom stereocenters. The molecule has 1 amide bonds. The Hall–Kier alpha value is -1.82. The van der Waals surface area contributed by atoms with Gasteiger partial charge in [0.2, 0.25) is 0 Å². The molecule has 1 aromatic rings. The number of nitrogens with one attached hydrogen (secondary N) is 1. The maximum Gasteiger partial charge on any atom is 0.408 e. The molecule has 1 aliphatic carbocycles. The van der Waals surface area contributed by atoms with Crippen molar-refractivity contribution in [2.45, 2.75) is 70.6 Å². The first kappa shape index (κ1) is 21.5. The van der Waals surface area contributed by atoms with Crippen LogP contribution in [0.15, 0.2) is 34.8 Å². The van der Waals surface area contributed by atoms with Gasteiger partial charge in [-0.15, -0.1) is 0 Å². The minimum Gasteiger partial charge on any atom is -0.461 e. The summed E-state index contributed by atoms with van der Waals surface area (Å²) in [6.07, 6.45) is 7.36. The van der Waals surface area contributed by atoms with Crippen molar-refractivity contribution >= 4 is 34.1 Å². The molecule has 6 heteroatoms. The molecule has 1 saturated carbocycles. The van der Waals surface area contributed by atoms with E-state index in [9.17, 15) is 9.59 Å². The van der Waals surface area contributed by atoms with Crippen LogP contribution in [-0.4, -0.2) is 29.8 Å². The summed E-state index contributed by atoms with van der Waals surface area (Å²) >= 11 is 3.43. The molecule has 27 heavy (non-hydrogen) atoms. The smallest absolute Gasteiger partial charge is 0.408 e. The molecule has 0 bridgehead atoms. The second kappa shape index (κ2) is 9.93. The van der Waals surface area contributed by atoms with E-state index < -0.39 is 23.7 Å². The Labute approximate surface area is 169 Å². The predicted molar refractivity (Wildman–Crippen MR) is 109 cm³/mol. The van der Waals surface area contributed by atoms with Gasteiger partial charge in [-0.25, -0.2) is 9.59 Å². The number of carbonyl (C=O) groups excluding carboxylic acids is 2. The van der Waals surface area contributed by atoms with E-state index in [2.05, 4.69) is 21.2 Å². The third-order valence-electron chi connectivity index (χ3n) is 4.09. The fourth-order valence-electron chi connectivity index (χ4n) is 2.87. The Balaban J connectivity index is 2.00. The first-order valence-corrected chi connectivity index (χ1v) is 10.1. The second-order valence-electron chi connectivity index (χ2n) is 7.74. The number of carbonyl (C=O) groups is 2. The van der Waals surface area contributed by atoms with Crippen LogP contribution in [0.1, 0.15) is 58.4 Å². The lowest BCUT2D eigenvalue weighted by Gasteiger charge is -2.23. The van der Waals surface area contributed by atoms with Gasteiger partial charge in [0.25, 0.3) is 0 Å². The molecular weight excluding hydrogens is 410 g/mol. The van der Waals surface area contributed by atoms with Crippen molar-refractivity contribution in [1.82, 2.24) is 5.32 Å². The van der Waals surface area contributed by atoms with Gasteiger partial charge < -0.3 is 14.8 Å². The van der Waals surface area contributed by atoms with Gasteiger partial charge in [-0.3, -0.25) is 0 Å². The number of halogens is 1. The van der Waals surface area contributed by atoms with Crippen LogP contribution in [0.5, 0.6) is 0 Å². The first-order chi connectivity index (χ1) is 12.7. The predicted octanol–water partition coefficient (Wildman–Crippen LogP) is 5.23. The summed E-state index contributed by atoms with van der Waals surface area (Å²) < 4.78 is 11.8. The number of esters is 1. The average molecular weight is 438 g/mol. The summed E-state index contributed by atoms with van der Waals surface area (Å²) in [5, 5.41) is 2.65. The summed E-state index contributed by atoms with van der Waals surface area (Å²) in [6.45, 7) is 5.35. The topological polar surface area (TPSA) is 64.6 Å². The highest BCUT2D eigenvalue weighted by atomic mass is 79.9. The Bertz CT molecular complexity index is 675. The molecule has 0 aliphatic heterocycles. The van der Waals surface area contributed by atoms with E-state index >= 15 is 0 Å². The Kier molecular flexibility index (Phi) is 7.90. The van der Waals surface area contributed by atoms with Crippen LogP contribution in [0.4, 0.5) is 4.79 Å². The fourth-order valence-corrected chi connectivity index (χ4v) is 3.28. The van der Waals surface area contributed by atoms with Crippen molar-refractivity contribution < 1.29 is 19.1 Å². The number of hydrogen-bond donors (Lipinski definition) is 1. The van der Waals surface area contributed by atoms with E-state index in [1.165, 1.54) is 0 Å². The monoisotopic (exact) mass is 437 g/mol. The molecule has 0 radical (unpaired) electrons. The van der Waals surface area contributed by atoms with Crippen LogP contribution in [0.2, 0.25) is 0 Å². The molecule has 2 rings (SSSR count). The minimum atomic E-state index is -0.774. The number of alkyl carbamates (subject to hydrolysis) is 1. The lowest BCUT2D eigenvalue weighted by Crippen LogP contribution is -2.44. The van der Waals surface area contributed by atoms with Crippen LogP contribution in [-0.2, 0) is 14.3 Å². The van der Waals surface area contributed by atoms with Crippen LogP contribution in [0, 0.1) is 0 Å². The first-order valence-electron chi connectivity index (χ1n) is 9.35. The summed E-state index contributed by atoms with van der Waals surface area (Å²) in [4.78, 5) is 24.7. The van der Waals surface area contributed by atoms with Crippen molar-refractivity contribution in [2.24, 2.45) is 0 Å². The SMILES string of the molecule is CC(C)(C)OC(=O)N[C@@H](CC=Cc1cccc(Br)c1)C(=O)OC1CCCC1. The van der Waals surface area contributed by atoms with E-state index in [-0.39, 0.29) is 6.10 Å². The molecule has 148 valence electrons. The van der Waals surface area contributed by atoms with E-state index in [1.54, 1.807) is 20.8 Å².